The van der Waals surface area contributed by atoms with Crippen molar-refractivity contribution in [2.45, 2.75) is 6.54 Å². The number of hydrogen-bond acceptors (Lipinski definition) is 3. The lowest BCUT2D eigenvalue weighted by atomic mass is 10.2. The van der Waals surface area contributed by atoms with Crippen molar-refractivity contribution in [3.63, 3.8) is 0 Å². The van der Waals surface area contributed by atoms with Gasteiger partial charge in [0.25, 0.3) is 0 Å². The first kappa shape index (κ1) is 11.0. The molecule has 0 heterocycles. The number of benzene rings is 2. The lowest BCUT2D eigenvalue weighted by Gasteiger charge is -2.08. The zero-order valence-corrected chi connectivity index (χ0v) is 9.22. The monoisotopic (exact) mass is 224 g/mol. The Morgan fingerprint density at radius 3 is 2.71 bits per heavy atom. The molecule has 0 aromatic heterocycles. The third-order valence-electron chi connectivity index (χ3n) is 2.47. The zero-order chi connectivity index (χ0) is 12.1. The van der Waals surface area contributed by atoms with Crippen LogP contribution in [-0.4, -0.2) is 5.11 Å². The highest BCUT2D eigenvalue weighted by atomic mass is 16.3. The fourth-order valence-corrected chi connectivity index (χ4v) is 1.56. The molecule has 2 rings (SSSR count). The van der Waals surface area contributed by atoms with Crippen molar-refractivity contribution in [1.29, 1.82) is 5.26 Å². The Labute approximate surface area is 100.0 Å². The van der Waals surface area contributed by atoms with Gasteiger partial charge in [-0.05, 0) is 24.3 Å². The van der Waals surface area contributed by atoms with Crippen LogP contribution in [0.4, 0.5) is 5.69 Å². The summed E-state index contributed by atoms with van der Waals surface area (Å²) < 4.78 is 0. The molecule has 3 nitrogen and oxygen atoms in total. The fraction of sp³-hybridized carbons (Fsp3) is 0.0714. The second-order valence-corrected chi connectivity index (χ2v) is 3.67. The first-order valence-electron chi connectivity index (χ1n) is 5.30. The third-order valence-corrected chi connectivity index (χ3v) is 2.47. The van der Waals surface area contributed by atoms with E-state index in [0.29, 0.717) is 12.1 Å². The molecule has 0 saturated carbocycles. The van der Waals surface area contributed by atoms with Crippen molar-refractivity contribution in [1.82, 2.24) is 0 Å². The number of anilines is 1. The average molecular weight is 224 g/mol. The Hall–Kier alpha value is -2.47. The van der Waals surface area contributed by atoms with E-state index in [1.807, 2.05) is 24.3 Å². The molecule has 0 aliphatic rings. The van der Waals surface area contributed by atoms with Crippen LogP contribution in [0.25, 0.3) is 0 Å². The van der Waals surface area contributed by atoms with Crippen LogP contribution in [0.5, 0.6) is 5.75 Å². The van der Waals surface area contributed by atoms with Gasteiger partial charge in [-0.2, -0.15) is 5.26 Å². The number of aromatic hydroxyl groups is 1. The molecule has 0 saturated heterocycles. The molecule has 0 amide bonds. The maximum atomic E-state index is 9.60. The quantitative estimate of drug-likeness (QED) is 0.842. The number of para-hydroxylation sites is 1. The van der Waals surface area contributed by atoms with Gasteiger partial charge in [-0.25, -0.2) is 0 Å². The van der Waals surface area contributed by atoms with E-state index in [-0.39, 0.29) is 5.75 Å². The number of nitrogens with one attached hydrogen (secondary N) is 1. The molecular formula is C14H12N2O. The van der Waals surface area contributed by atoms with Gasteiger partial charge in [0.1, 0.15) is 5.75 Å². The molecule has 0 fully saturated rings. The second kappa shape index (κ2) is 5.04. The van der Waals surface area contributed by atoms with Crippen LogP contribution < -0.4 is 5.32 Å². The molecule has 0 aliphatic heterocycles. The van der Waals surface area contributed by atoms with E-state index in [0.717, 1.165) is 11.3 Å². The largest absolute Gasteiger partial charge is 0.508 e. The summed E-state index contributed by atoms with van der Waals surface area (Å²) in [6.07, 6.45) is 0. The normalized spacial score (nSPS) is 9.59. The Morgan fingerprint density at radius 1 is 1.12 bits per heavy atom. The summed E-state index contributed by atoms with van der Waals surface area (Å²) in [6, 6.07) is 16.5. The molecule has 0 atom stereocenters. The molecule has 3 heteroatoms. The second-order valence-electron chi connectivity index (χ2n) is 3.67. The van der Waals surface area contributed by atoms with Crippen molar-refractivity contribution in [3.8, 4) is 11.8 Å². The summed E-state index contributed by atoms with van der Waals surface area (Å²) in [7, 11) is 0. The molecule has 2 aromatic carbocycles. The predicted molar refractivity (Wildman–Crippen MR) is 66.6 cm³/mol. The highest BCUT2D eigenvalue weighted by Gasteiger charge is 1.99. The smallest absolute Gasteiger partial charge is 0.120 e. The number of hydrogen-bond donors (Lipinski definition) is 2. The summed E-state index contributed by atoms with van der Waals surface area (Å²) in [5.74, 6) is 0.274. The van der Waals surface area contributed by atoms with E-state index in [1.165, 1.54) is 0 Å². The van der Waals surface area contributed by atoms with Gasteiger partial charge in [0.05, 0.1) is 11.6 Å². The molecule has 0 spiro atoms. The van der Waals surface area contributed by atoms with Crippen molar-refractivity contribution < 1.29 is 5.11 Å². The topological polar surface area (TPSA) is 56.0 Å². The first-order chi connectivity index (χ1) is 8.29. The molecule has 0 bridgehead atoms. The highest BCUT2D eigenvalue weighted by Crippen LogP contribution is 2.18. The Balaban J connectivity index is 2.08. The van der Waals surface area contributed by atoms with Gasteiger partial charge in [-0.15, -0.1) is 0 Å². The SMILES string of the molecule is N#Cc1cccc(NCc2ccccc2O)c1. The van der Waals surface area contributed by atoms with Crippen LogP contribution in [0, 0.1) is 11.3 Å². The van der Waals surface area contributed by atoms with E-state index >= 15 is 0 Å². The van der Waals surface area contributed by atoms with Gasteiger partial charge in [0, 0.05) is 17.8 Å². The molecule has 2 aromatic rings. The molecule has 0 radical (unpaired) electrons. The van der Waals surface area contributed by atoms with Crippen LogP contribution >= 0.6 is 0 Å². The third kappa shape index (κ3) is 2.76. The maximum absolute atomic E-state index is 9.60. The van der Waals surface area contributed by atoms with Crippen LogP contribution in [0.2, 0.25) is 0 Å². The summed E-state index contributed by atoms with van der Waals surface area (Å²) in [5, 5.41) is 21.5. The summed E-state index contributed by atoms with van der Waals surface area (Å²) in [6.45, 7) is 0.529. The van der Waals surface area contributed by atoms with Crippen LogP contribution in [0.15, 0.2) is 48.5 Å². The van der Waals surface area contributed by atoms with Crippen molar-refractivity contribution in [3.05, 3.63) is 59.7 Å². The Kier molecular flexibility index (Phi) is 3.27. The minimum atomic E-state index is 0.274. The number of nitrogens with zero attached hydrogens (tertiary/aromatic N) is 1. The van der Waals surface area contributed by atoms with Gasteiger partial charge in [0.15, 0.2) is 0 Å². The van der Waals surface area contributed by atoms with E-state index < -0.39 is 0 Å². The van der Waals surface area contributed by atoms with Gasteiger partial charge in [0.2, 0.25) is 0 Å². The minimum absolute atomic E-state index is 0.274. The van der Waals surface area contributed by atoms with Crippen LogP contribution in [0.1, 0.15) is 11.1 Å². The molecule has 0 unspecified atom stereocenters. The van der Waals surface area contributed by atoms with Crippen molar-refractivity contribution in [2.75, 3.05) is 5.32 Å². The number of phenols is 1. The van der Waals surface area contributed by atoms with E-state index in [9.17, 15) is 5.11 Å². The first-order valence-corrected chi connectivity index (χ1v) is 5.30. The van der Waals surface area contributed by atoms with E-state index in [2.05, 4.69) is 11.4 Å². The molecule has 84 valence electrons. The van der Waals surface area contributed by atoms with E-state index in [1.54, 1.807) is 24.3 Å². The zero-order valence-electron chi connectivity index (χ0n) is 9.22. The van der Waals surface area contributed by atoms with Gasteiger partial charge >= 0.3 is 0 Å². The molecule has 2 N–H and O–H groups in total. The molecule has 0 aliphatic carbocycles. The summed E-state index contributed by atoms with van der Waals surface area (Å²) in [5.41, 5.74) is 2.31. The van der Waals surface area contributed by atoms with Crippen LogP contribution in [0.3, 0.4) is 0 Å². The fourth-order valence-electron chi connectivity index (χ4n) is 1.56. The Morgan fingerprint density at radius 2 is 1.94 bits per heavy atom. The van der Waals surface area contributed by atoms with Gasteiger partial charge < -0.3 is 10.4 Å². The maximum Gasteiger partial charge on any atom is 0.120 e. The number of phenolic OH excluding ortho intramolecular Hbond substituents is 1. The minimum Gasteiger partial charge on any atom is -0.508 e. The highest BCUT2D eigenvalue weighted by molar-refractivity contribution is 5.50. The lowest BCUT2D eigenvalue weighted by Crippen LogP contribution is -1.99. The van der Waals surface area contributed by atoms with Gasteiger partial charge in [-0.1, -0.05) is 24.3 Å². The van der Waals surface area contributed by atoms with Crippen molar-refractivity contribution in [2.24, 2.45) is 0 Å². The van der Waals surface area contributed by atoms with Crippen LogP contribution in [-0.2, 0) is 6.54 Å². The standard InChI is InChI=1S/C14H12N2O/c15-9-11-4-3-6-13(8-11)16-10-12-5-1-2-7-14(12)17/h1-8,16-17H,10H2. The average Bonchev–Trinajstić information content (AvgIpc) is 2.38. The lowest BCUT2D eigenvalue weighted by molar-refractivity contribution is 0.469. The van der Waals surface area contributed by atoms with Gasteiger partial charge in [-0.3, -0.25) is 0 Å². The number of rotatable bonds is 3. The number of nitriles is 1. The summed E-state index contributed by atoms with van der Waals surface area (Å²) in [4.78, 5) is 0. The van der Waals surface area contributed by atoms with Crippen molar-refractivity contribution >= 4 is 5.69 Å². The predicted octanol–water partition coefficient (Wildman–Crippen LogP) is 2.88. The molecular weight excluding hydrogens is 212 g/mol. The molecule has 17 heavy (non-hydrogen) atoms. The Bertz CT molecular complexity index is 558. The summed E-state index contributed by atoms with van der Waals surface area (Å²) >= 11 is 0. The van der Waals surface area contributed by atoms with E-state index in [4.69, 9.17) is 5.26 Å².